The number of hydrogen-bond donors (Lipinski definition) is 1. The van der Waals surface area contributed by atoms with Crippen LogP contribution in [0.4, 0.5) is 11.4 Å². The highest BCUT2D eigenvalue weighted by Crippen LogP contribution is 2.38. The van der Waals surface area contributed by atoms with Crippen molar-refractivity contribution in [2.75, 3.05) is 37.6 Å². The largest absolute Gasteiger partial charge is 0.496 e. The first-order valence-electron chi connectivity index (χ1n) is 9.43. The third-order valence-electron chi connectivity index (χ3n) is 4.89. The number of methoxy groups -OCH3 is 2. The van der Waals surface area contributed by atoms with E-state index in [4.69, 9.17) is 14.2 Å². The maximum Gasteiger partial charge on any atom is 0.263 e. The van der Waals surface area contributed by atoms with Crippen molar-refractivity contribution in [2.45, 2.75) is 20.8 Å². The smallest absolute Gasteiger partial charge is 0.263 e. The molecule has 7 heteroatoms. The highest BCUT2D eigenvalue weighted by Gasteiger charge is 2.37. The molecule has 2 aromatic rings. The van der Waals surface area contributed by atoms with Gasteiger partial charge in [0.2, 0.25) is 5.91 Å². The molecule has 154 valence electrons. The van der Waals surface area contributed by atoms with Gasteiger partial charge in [0, 0.05) is 12.2 Å². The standard InChI is InChI=1S/C22H26N2O5/c1-6-24-15-12-14(10-11-16(15)29-13-22(2,3)21(24)26)23-20(25)19-17(27-4)8-7-9-18(19)28-5/h7-12H,6,13H2,1-5H3,(H,23,25). The van der Waals surface area contributed by atoms with Gasteiger partial charge in [0.25, 0.3) is 5.91 Å². The van der Waals surface area contributed by atoms with Crippen LogP contribution in [0.2, 0.25) is 0 Å². The zero-order chi connectivity index (χ0) is 21.2. The topological polar surface area (TPSA) is 77.1 Å². The summed E-state index contributed by atoms with van der Waals surface area (Å²) in [6.07, 6.45) is 0. The first-order chi connectivity index (χ1) is 13.8. The average Bonchev–Trinajstić information content (AvgIpc) is 2.81. The normalized spacial score (nSPS) is 15.1. The molecule has 0 atom stereocenters. The van der Waals surface area contributed by atoms with Gasteiger partial charge in [-0.1, -0.05) is 6.07 Å². The Labute approximate surface area is 170 Å². The SMILES string of the molecule is CCN1C(=O)C(C)(C)COc2ccc(NC(=O)c3c(OC)cccc3OC)cc21. The summed E-state index contributed by atoms with van der Waals surface area (Å²) < 4.78 is 16.5. The maximum absolute atomic E-state index is 12.9. The highest BCUT2D eigenvalue weighted by atomic mass is 16.5. The number of ether oxygens (including phenoxy) is 3. The molecule has 1 aliphatic heterocycles. The molecular formula is C22H26N2O5. The molecule has 1 aliphatic rings. The summed E-state index contributed by atoms with van der Waals surface area (Å²) in [6.45, 7) is 6.42. The number of rotatable bonds is 5. The van der Waals surface area contributed by atoms with Crippen LogP contribution in [0.5, 0.6) is 17.2 Å². The zero-order valence-corrected chi connectivity index (χ0v) is 17.4. The molecule has 29 heavy (non-hydrogen) atoms. The number of fused-ring (bicyclic) bond motifs is 1. The summed E-state index contributed by atoms with van der Waals surface area (Å²) in [4.78, 5) is 27.5. The van der Waals surface area contributed by atoms with Crippen LogP contribution >= 0.6 is 0 Å². The van der Waals surface area contributed by atoms with Gasteiger partial charge >= 0.3 is 0 Å². The molecular weight excluding hydrogens is 372 g/mol. The number of benzene rings is 2. The van der Waals surface area contributed by atoms with Crippen molar-refractivity contribution < 1.29 is 23.8 Å². The maximum atomic E-state index is 12.9. The van der Waals surface area contributed by atoms with Gasteiger partial charge in [0.1, 0.15) is 29.4 Å². The minimum atomic E-state index is -0.636. The van der Waals surface area contributed by atoms with Gasteiger partial charge in [-0.25, -0.2) is 0 Å². The summed E-state index contributed by atoms with van der Waals surface area (Å²) in [6, 6.07) is 10.4. The lowest BCUT2D eigenvalue weighted by Gasteiger charge is -2.27. The molecule has 0 radical (unpaired) electrons. The van der Waals surface area contributed by atoms with Crippen LogP contribution in [0.1, 0.15) is 31.1 Å². The van der Waals surface area contributed by atoms with Crippen LogP contribution in [0, 0.1) is 5.41 Å². The Morgan fingerprint density at radius 2 is 1.83 bits per heavy atom. The second-order valence-corrected chi connectivity index (χ2v) is 7.40. The second-order valence-electron chi connectivity index (χ2n) is 7.40. The number of amides is 2. The molecule has 0 unspecified atom stereocenters. The molecule has 0 saturated carbocycles. The van der Waals surface area contributed by atoms with E-state index in [0.29, 0.717) is 47.3 Å². The van der Waals surface area contributed by atoms with Gasteiger partial charge < -0.3 is 24.4 Å². The van der Waals surface area contributed by atoms with Crippen LogP contribution in [0.15, 0.2) is 36.4 Å². The molecule has 3 rings (SSSR count). The Hall–Kier alpha value is -3.22. The fraction of sp³-hybridized carbons (Fsp3) is 0.364. The first kappa shape index (κ1) is 20.5. The summed E-state index contributed by atoms with van der Waals surface area (Å²) in [5, 5.41) is 2.87. The fourth-order valence-corrected chi connectivity index (χ4v) is 3.31. The van der Waals surface area contributed by atoms with E-state index in [9.17, 15) is 9.59 Å². The van der Waals surface area contributed by atoms with Crippen molar-refractivity contribution in [2.24, 2.45) is 5.41 Å². The van der Waals surface area contributed by atoms with Gasteiger partial charge in [-0.15, -0.1) is 0 Å². The van der Waals surface area contributed by atoms with Gasteiger partial charge in [0.05, 0.1) is 25.3 Å². The molecule has 0 bridgehead atoms. The zero-order valence-electron chi connectivity index (χ0n) is 17.4. The van der Waals surface area contributed by atoms with E-state index in [-0.39, 0.29) is 11.8 Å². The number of hydrogen-bond acceptors (Lipinski definition) is 5. The monoisotopic (exact) mass is 398 g/mol. The van der Waals surface area contributed by atoms with E-state index < -0.39 is 5.41 Å². The molecule has 0 aliphatic carbocycles. The van der Waals surface area contributed by atoms with Crippen molar-refractivity contribution in [3.05, 3.63) is 42.0 Å². The van der Waals surface area contributed by atoms with Crippen molar-refractivity contribution in [3.63, 3.8) is 0 Å². The van der Waals surface area contributed by atoms with Crippen molar-refractivity contribution in [1.29, 1.82) is 0 Å². The lowest BCUT2D eigenvalue weighted by molar-refractivity contribution is -0.127. The number of anilines is 2. The summed E-state index contributed by atoms with van der Waals surface area (Å²) in [7, 11) is 3.00. The van der Waals surface area contributed by atoms with E-state index in [1.165, 1.54) is 14.2 Å². The summed E-state index contributed by atoms with van der Waals surface area (Å²) in [5.41, 5.74) is 0.834. The minimum Gasteiger partial charge on any atom is -0.496 e. The Balaban J connectivity index is 1.96. The number of nitrogens with zero attached hydrogens (tertiary/aromatic N) is 1. The van der Waals surface area contributed by atoms with E-state index >= 15 is 0 Å². The van der Waals surface area contributed by atoms with Crippen molar-refractivity contribution >= 4 is 23.2 Å². The van der Waals surface area contributed by atoms with Gasteiger partial charge in [-0.05, 0) is 51.1 Å². The molecule has 1 N–H and O–H groups in total. The molecule has 2 amide bonds. The third-order valence-corrected chi connectivity index (χ3v) is 4.89. The van der Waals surface area contributed by atoms with Crippen LogP contribution in [-0.4, -0.2) is 39.2 Å². The number of carbonyl (C=O) groups excluding carboxylic acids is 2. The number of nitrogens with one attached hydrogen (secondary N) is 1. The summed E-state index contributed by atoms with van der Waals surface area (Å²) in [5.74, 6) is 1.04. The highest BCUT2D eigenvalue weighted by molar-refractivity contribution is 6.09. The Bertz CT molecular complexity index is 917. The lowest BCUT2D eigenvalue weighted by atomic mass is 9.93. The van der Waals surface area contributed by atoms with E-state index in [2.05, 4.69) is 5.32 Å². The average molecular weight is 398 g/mol. The molecule has 7 nitrogen and oxygen atoms in total. The second kappa shape index (κ2) is 8.03. The number of carbonyl (C=O) groups is 2. The molecule has 0 fully saturated rings. The third kappa shape index (κ3) is 3.85. The van der Waals surface area contributed by atoms with Gasteiger partial charge in [-0.3, -0.25) is 9.59 Å². The van der Waals surface area contributed by atoms with Crippen LogP contribution in [0.25, 0.3) is 0 Å². The molecule has 0 saturated heterocycles. The first-order valence-corrected chi connectivity index (χ1v) is 9.43. The predicted molar refractivity (Wildman–Crippen MR) is 111 cm³/mol. The Morgan fingerprint density at radius 3 is 2.41 bits per heavy atom. The Morgan fingerprint density at radius 1 is 1.17 bits per heavy atom. The van der Waals surface area contributed by atoms with E-state index in [1.54, 1.807) is 41.3 Å². The van der Waals surface area contributed by atoms with Crippen LogP contribution in [-0.2, 0) is 4.79 Å². The molecule has 1 heterocycles. The predicted octanol–water partition coefficient (Wildman–Crippen LogP) is 3.73. The fourth-order valence-electron chi connectivity index (χ4n) is 3.31. The molecule has 0 aromatic heterocycles. The Kier molecular flexibility index (Phi) is 5.68. The minimum absolute atomic E-state index is 0.0198. The van der Waals surface area contributed by atoms with E-state index in [0.717, 1.165) is 0 Å². The summed E-state index contributed by atoms with van der Waals surface area (Å²) >= 11 is 0. The van der Waals surface area contributed by atoms with E-state index in [1.807, 2.05) is 20.8 Å². The quantitative estimate of drug-likeness (QED) is 0.831. The van der Waals surface area contributed by atoms with Gasteiger partial charge in [0.15, 0.2) is 0 Å². The van der Waals surface area contributed by atoms with Crippen LogP contribution < -0.4 is 24.4 Å². The molecule has 0 spiro atoms. The molecule has 2 aromatic carbocycles. The van der Waals surface area contributed by atoms with Gasteiger partial charge in [-0.2, -0.15) is 0 Å². The van der Waals surface area contributed by atoms with Crippen molar-refractivity contribution in [1.82, 2.24) is 0 Å². The van der Waals surface area contributed by atoms with Crippen molar-refractivity contribution in [3.8, 4) is 17.2 Å². The van der Waals surface area contributed by atoms with Crippen LogP contribution in [0.3, 0.4) is 0 Å². The lowest BCUT2D eigenvalue weighted by Crippen LogP contribution is -2.42.